The van der Waals surface area contributed by atoms with Gasteiger partial charge in [-0.3, -0.25) is 9.59 Å². The first-order valence-electron chi connectivity index (χ1n) is 9.79. The molecule has 0 radical (unpaired) electrons. The number of carbonyl (C=O) groups is 1. The predicted molar refractivity (Wildman–Crippen MR) is 104 cm³/mol. The van der Waals surface area contributed by atoms with Crippen molar-refractivity contribution in [3.63, 3.8) is 0 Å². The Kier molecular flexibility index (Phi) is 5.77. The van der Waals surface area contributed by atoms with Crippen LogP contribution in [0.4, 0.5) is 0 Å². The molecule has 7 nitrogen and oxygen atoms in total. The zero-order chi connectivity index (χ0) is 19.6. The maximum atomic E-state index is 12.9. The van der Waals surface area contributed by atoms with Crippen molar-refractivity contribution in [2.75, 3.05) is 13.1 Å². The minimum Gasteiger partial charge on any atom is -0.342 e. The molecule has 7 heteroatoms. The van der Waals surface area contributed by atoms with Gasteiger partial charge in [0.05, 0.1) is 6.42 Å². The van der Waals surface area contributed by atoms with E-state index in [1.807, 2.05) is 24.2 Å². The number of piperidine rings is 1. The molecule has 3 rings (SSSR count). The highest BCUT2D eigenvalue weighted by Crippen LogP contribution is 2.27. The molecular formula is C20H29N5O2. The van der Waals surface area contributed by atoms with Crippen LogP contribution in [0.2, 0.25) is 0 Å². The molecule has 0 unspecified atom stereocenters. The first kappa shape index (κ1) is 19.3. The summed E-state index contributed by atoms with van der Waals surface area (Å²) in [5.74, 6) is 1.93. The van der Waals surface area contributed by atoms with Gasteiger partial charge < -0.3 is 14.5 Å². The molecule has 2 aromatic rings. The quantitative estimate of drug-likeness (QED) is 0.874. The highest BCUT2D eigenvalue weighted by molar-refractivity contribution is 5.79. The molecule has 27 heavy (non-hydrogen) atoms. The Morgan fingerprint density at radius 3 is 2.85 bits per heavy atom. The van der Waals surface area contributed by atoms with Gasteiger partial charge in [-0.05, 0) is 33.6 Å². The van der Waals surface area contributed by atoms with Crippen LogP contribution in [0.3, 0.4) is 0 Å². The zero-order valence-electron chi connectivity index (χ0n) is 16.7. The highest BCUT2D eigenvalue weighted by Gasteiger charge is 2.28. The molecule has 146 valence electrons. The fourth-order valence-electron chi connectivity index (χ4n) is 3.80. The highest BCUT2D eigenvalue weighted by atomic mass is 16.2. The molecular weight excluding hydrogens is 342 g/mol. The Bertz CT molecular complexity index is 867. The molecule has 3 heterocycles. The third-order valence-corrected chi connectivity index (χ3v) is 5.33. The van der Waals surface area contributed by atoms with Crippen molar-refractivity contribution in [3.05, 3.63) is 45.7 Å². The number of nitrogens with zero attached hydrogens (tertiary/aromatic N) is 4. The van der Waals surface area contributed by atoms with E-state index in [9.17, 15) is 9.59 Å². The number of aryl methyl sites for hydroxylation is 2. The molecule has 1 aliphatic heterocycles. The molecule has 2 aromatic heterocycles. The lowest BCUT2D eigenvalue weighted by Gasteiger charge is -2.33. The number of hydrogen-bond acceptors (Lipinski definition) is 4. The molecule has 0 saturated carbocycles. The first-order valence-corrected chi connectivity index (χ1v) is 9.79. The van der Waals surface area contributed by atoms with E-state index in [2.05, 4.69) is 33.4 Å². The number of H-pyrrole nitrogens is 1. The van der Waals surface area contributed by atoms with Crippen LogP contribution < -0.4 is 5.56 Å². The average molecular weight is 371 g/mol. The molecule has 1 atom stereocenters. The summed E-state index contributed by atoms with van der Waals surface area (Å²) >= 11 is 0. The fraction of sp³-hybridized carbons (Fsp3) is 0.600. The number of amides is 1. The van der Waals surface area contributed by atoms with E-state index in [-0.39, 0.29) is 23.8 Å². The van der Waals surface area contributed by atoms with Gasteiger partial charge in [-0.25, -0.2) is 9.97 Å². The van der Waals surface area contributed by atoms with E-state index in [1.165, 1.54) is 0 Å². The molecule has 0 aromatic carbocycles. The van der Waals surface area contributed by atoms with Crippen LogP contribution in [0, 0.1) is 6.92 Å². The van der Waals surface area contributed by atoms with E-state index < -0.39 is 0 Å². The lowest BCUT2D eigenvalue weighted by atomic mass is 9.96. The molecule has 1 fully saturated rings. The predicted octanol–water partition coefficient (Wildman–Crippen LogP) is 2.37. The van der Waals surface area contributed by atoms with Gasteiger partial charge in [0.25, 0.3) is 5.56 Å². The Balaban J connectivity index is 1.74. The van der Waals surface area contributed by atoms with Crippen molar-refractivity contribution in [3.8, 4) is 0 Å². The first-order chi connectivity index (χ1) is 12.9. The number of aromatic nitrogens is 4. The Morgan fingerprint density at radius 1 is 1.41 bits per heavy atom. The van der Waals surface area contributed by atoms with E-state index >= 15 is 0 Å². The normalized spacial score (nSPS) is 17.5. The second kappa shape index (κ2) is 8.06. The Hall–Kier alpha value is -2.44. The number of aromatic amines is 1. The second-order valence-corrected chi connectivity index (χ2v) is 7.57. The van der Waals surface area contributed by atoms with Crippen LogP contribution in [0.5, 0.6) is 0 Å². The summed E-state index contributed by atoms with van der Waals surface area (Å²) in [6.45, 7) is 9.40. The van der Waals surface area contributed by atoms with Gasteiger partial charge in [-0.1, -0.05) is 6.92 Å². The molecule has 0 bridgehead atoms. The van der Waals surface area contributed by atoms with Crippen LogP contribution in [-0.4, -0.2) is 43.4 Å². The fourth-order valence-corrected chi connectivity index (χ4v) is 3.80. The topological polar surface area (TPSA) is 83.9 Å². The molecule has 0 spiro atoms. The minimum absolute atomic E-state index is 0.0120. The largest absolute Gasteiger partial charge is 0.342 e. The van der Waals surface area contributed by atoms with Crippen molar-refractivity contribution >= 4 is 5.91 Å². The zero-order valence-corrected chi connectivity index (χ0v) is 16.7. The minimum atomic E-state index is -0.198. The molecule has 0 aliphatic carbocycles. The monoisotopic (exact) mass is 371 g/mol. The number of rotatable bonds is 5. The van der Waals surface area contributed by atoms with Gasteiger partial charge in [-0.2, -0.15) is 0 Å². The van der Waals surface area contributed by atoms with Gasteiger partial charge in [0.2, 0.25) is 5.91 Å². The van der Waals surface area contributed by atoms with Gasteiger partial charge >= 0.3 is 0 Å². The summed E-state index contributed by atoms with van der Waals surface area (Å²) in [4.78, 5) is 38.8. The lowest BCUT2D eigenvalue weighted by molar-refractivity contribution is -0.131. The van der Waals surface area contributed by atoms with E-state index in [0.717, 1.165) is 25.2 Å². The van der Waals surface area contributed by atoms with Crippen molar-refractivity contribution in [2.24, 2.45) is 0 Å². The van der Waals surface area contributed by atoms with Crippen LogP contribution in [0.1, 0.15) is 68.5 Å². The van der Waals surface area contributed by atoms with E-state index in [0.29, 0.717) is 36.1 Å². The van der Waals surface area contributed by atoms with Gasteiger partial charge in [0, 0.05) is 55.1 Å². The van der Waals surface area contributed by atoms with Crippen LogP contribution in [-0.2, 0) is 17.6 Å². The Labute approximate surface area is 159 Å². The Morgan fingerprint density at radius 2 is 2.19 bits per heavy atom. The number of hydrogen-bond donors (Lipinski definition) is 1. The summed E-state index contributed by atoms with van der Waals surface area (Å²) in [6, 6.07) is 0.345. The van der Waals surface area contributed by atoms with Crippen molar-refractivity contribution in [2.45, 2.75) is 65.3 Å². The van der Waals surface area contributed by atoms with Gasteiger partial charge in [0.15, 0.2) is 0 Å². The second-order valence-electron chi connectivity index (χ2n) is 7.57. The number of imidazole rings is 1. The summed E-state index contributed by atoms with van der Waals surface area (Å²) in [7, 11) is 0. The summed E-state index contributed by atoms with van der Waals surface area (Å²) < 4.78 is 2.18. The lowest BCUT2D eigenvalue weighted by Crippen LogP contribution is -2.41. The SMILES string of the molecule is CCc1nc(C)c(CC(=O)N2CCC[C@@H](c3nccn3C(C)C)C2)c(=O)[nH]1. The van der Waals surface area contributed by atoms with E-state index in [1.54, 1.807) is 6.92 Å². The van der Waals surface area contributed by atoms with Crippen molar-refractivity contribution < 1.29 is 4.79 Å². The van der Waals surface area contributed by atoms with Crippen LogP contribution in [0.25, 0.3) is 0 Å². The molecule has 1 N–H and O–H groups in total. The van der Waals surface area contributed by atoms with Crippen LogP contribution in [0.15, 0.2) is 17.2 Å². The summed E-state index contributed by atoms with van der Waals surface area (Å²) in [5.41, 5.74) is 0.924. The molecule has 1 amide bonds. The number of likely N-dealkylation sites (tertiary alicyclic amines) is 1. The van der Waals surface area contributed by atoms with E-state index in [4.69, 9.17) is 0 Å². The third kappa shape index (κ3) is 4.12. The average Bonchev–Trinajstić information content (AvgIpc) is 3.14. The standard InChI is InChI=1S/C20H29N5O2/c1-5-17-22-14(4)16(20(27)23-17)11-18(26)24-9-6-7-15(12-24)19-21-8-10-25(19)13(2)3/h8,10,13,15H,5-7,9,11-12H2,1-4H3,(H,22,23,27)/t15-/m1/s1. The van der Waals surface area contributed by atoms with Gasteiger partial charge in [-0.15, -0.1) is 0 Å². The number of nitrogens with one attached hydrogen (secondary N) is 1. The van der Waals surface area contributed by atoms with Gasteiger partial charge in [0.1, 0.15) is 11.6 Å². The smallest absolute Gasteiger partial charge is 0.254 e. The van der Waals surface area contributed by atoms with Crippen molar-refractivity contribution in [1.29, 1.82) is 0 Å². The van der Waals surface area contributed by atoms with Crippen LogP contribution >= 0.6 is 0 Å². The molecule has 1 saturated heterocycles. The van der Waals surface area contributed by atoms with Crippen molar-refractivity contribution in [1.82, 2.24) is 24.4 Å². The summed E-state index contributed by atoms with van der Waals surface area (Å²) in [6.07, 6.45) is 6.58. The maximum Gasteiger partial charge on any atom is 0.254 e. The maximum absolute atomic E-state index is 12.9. The number of carbonyl (C=O) groups excluding carboxylic acids is 1. The molecule has 1 aliphatic rings. The summed E-state index contributed by atoms with van der Waals surface area (Å²) in [5, 5.41) is 0. The third-order valence-electron chi connectivity index (χ3n) is 5.33.